The predicted molar refractivity (Wildman–Crippen MR) is 80.9 cm³/mol. The molecule has 1 saturated heterocycles. The lowest BCUT2D eigenvalue weighted by molar-refractivity contribution is -0.272. The standard InChI is InChI=1S/C16H27F3N2O2/c1-12-5-3-4-6-13(12)20(2)14(22)11-21-9-7-15(23,8-10-21)16(17,18)19/h12-13,23H,3-11H2,1-2H3. The van der Waals surface area contributed by atoms with E-state index in [2.05, 4.69) is 6.92 Å². The second kappa shape index (κ2) is 6.97. The van der Waals surface area contributed by atoms with E-state index in [1.165, 1.54) is 6.42 Å². The molecule has 0 aromatic heterocycles. The van der Waals surface area contributed by atoms with Gasteiger partial charge in [0.05, 0.1) is 6.54 Å². The number of likely N-dealkylation sites (N-methyl/N-ethyl adjacent to an activating group) is 1. The molecule has 2 rings (SSSR count). The van der Waals surface area contributed by atoms with Crippen LogP contribution < -0.4 is 0 Å². The second-order valence-corrected chi connectivity index (χ2v) is 7.14. The van der Waals surface area contributed by atoms with E-state index in [9.17, 15) is 23.1 Å². The van der Waals surface area contributed by atoms with E-state index in [0.29, 0.717) is 5.92 Å². The molecular weight excluding hydrogens is 309 g/mol. The van der Waals surface area contributed by atoms with Crippen LogP contribution in [-0.4, -0.2) is 65.3 Å². The Morgan fingerprint density at radius 2 is 1.83 bits per heavy atom. The molecule has 2 aliphatic rings. The lowest BCUT2D eigenvalue weighted by Crippen LogP contribution is -2.55. The summed E-state index contributed by atoms with van der Waals surface area (Å²) in [6, 6.07) is 0.230. The Morgan fingerprint density at radius 3 is 2.35 bits per heavy atom. The van der Waals surface area contributed by atoms with E-state index in [4.69, 9.17) is 0 Å². The number of alkyl halides is 3. The van der Waals surface area contributed by atoms with E-state index in [-0.39, 0.29) is 44.4 Å². The molecule has 134 valence electrons. The first-order valence-electron chi connectivity index (χ1n) is 8.41. The summed E-state index contributed by atoms with van der Waals surface area (Å²) in [6.45, 7) is 2.47. The van der Waals surface area contributed by atoms with E-state index < -0.39 is 11.8 Å². The van der Waals surface area contributed by atoms with Gasteiger partial charge in [0.1, 0.15) is 0 Å². The number of piperidine rings is 1. The number of nitrogens with zero attached hydrogens (tertiary/aromatic N) is 2. The average Bonchev–Trinajstić information content (AvgIpc) is 2.48. The van der Waals surface area contributed by atoms with Crippen LogP contribution in [0.4, 0.5) is 13.2 Å². The van der Waals surface area contributed by atoms with Crippen molar-refractivity contribution in [3.05, 3.63) is 0 Å². The third-order valence-electron chi connectivity index (χ3n) is 5.53. The molecule has 2 atom stereocenters. The topological polar surface area (TPSA) is 43.8 Å². The van der Waals surface area contributed by atoms with Crippen molar-refractivity contribution >= 4 is 5.91 Å². The Hall–Kier alpha value is -0.820. The third kappa shape index (κ3) is 4.18. The monoisotopic (exact) mass is 336 g/mol. The SMILES string of the molecule is CC1CCCCC1N(C)C(=O)CN1CCC(O)(C(F)(F)F)CC1. The van der Waals surface area contributed by atoms with E-state index in [1.807, 2.05) is 0 Å². The van der Waals surface area contributed by atoms with E-state index in [1.54, 1.807) is 16.8 Å². The number of halogens is 3. The number of carbonyl (C=O) groups is 1. The number of aliphatic hydroxyl groups is 1. The van der Waals surface area contributed by atoms with Crippen LogP contribution in [0.2, 0.25) is 0 Å². The molecule has 0 aromatic rings. The van der Waals surface area contributed by atoms with E-state index >= 15 is 0 Å². The van der Waals surface area contributed by atoms with Crippen LogP contribution in [-0.2, 0) is 4.79 Å². The first-order chi connectivity index (χ1) is 10.6. The van der Waals surface area contributed by atoms with Crippen LogP contribution in [0.15, 0.2) is 0 Å². The lowest BCUT2D eigenvalue weighted by atomic mass is 9.85. The van der Waals surface area contributed by atoms with Gasteiger partial charge in [-0.1, -0.05) is 19.8 Å². The first-order valence-corrected chi connectivity index (χ1v) is 8.41. The largest absolute Gasteiger partial charge is 0.417 e. The van der Waals surface area contributed by atoms with Crippen LogP contribution in [0.3, 0.4) is 0 Å². The molecule has 1 saturated carbocycles. The van der Waals surface area contributed by atoms with Gasteiger partial charge in [-0.15, -0.1) is 0 Å². The molecule has 1 heterocycles. The summed E-state index contributed by atoms with van der Waals surface area (Å²) in [6.07, 6.45) is -0.906. The molecule has 1 aliphatic carbocycles. The highest BCUT2D eigenvalue weighted by Gasteiger charge is 2.54. The molecule has 2 fully saturated rings. The number of rotatable bonds is 3. The number of hydrogen-bond acceptors (Lipinski definition) is 3. The van der Waals surface area contributed by atoms with Gasteiger partial charge >= 0.3 is 6.18 Å². The Morgan fingerprint density at radius 1 is 1.26 bits per heavy atom. The Labute approximate surface area is 135 Å². The van der Waals surface area contributed by atoms with Crippen LogP contribution >= 0.6 is 0 Å². The molecule has 2 unspecified atom stereocenters. The van der Waals surface area contributed by atoms with Crippen molar-refractivity contribution in [2.75, 3.05) is 26.7 Å². The minimum Gasteiger partial charge on any atom is -0.380 e. The fourth-order valence-corrected chi connectivity index (χ4v) is 3.72. The highest BCUT2D eigenvalue weighted by Crippen LogP contribution is 2.38. The van der Waals surface area contributed by atoms with Crippen molar-refractivity contribution in [1.29, 1.82) is 0 Å². The summed E-state index contributed by atoms with van der Waals surface area (Å²) in [5, 5.41) is 9.66. The zero-order chi connectivity index (χ0) is 17.3. The summed E-state index contributed by atoms with van der Waals surface area (Å²) in [4.78, 5) is 15.9. The highest BCUT2D eigenvalue weighted by molar-refractivity contribution is 5.78. The van der Waals surface area contributed by atoms with Gasteiger partial charge in [0.15, 0.2) is 5.60 Å². The molecular formula is C16H27F3N2O2. The van der Waals surface area contributed by atoms with Gasteiger partial charge in [-0.25, -0.2) is 0 Å². The molecule has 0 bridgehead atoms. The predicted octanol–water partition coefficient (Wildman–Crippen LogP) is 2.41. The van der Waals surface area contributed by atoms with Crippen molar-refractivity contribution in [3.63, 3.8) is 0 Å². The molecule has 1 amide bonds. The molecule has 1 N–H and O–H groups in total. The summed E-state index contributed by atoms with van der Waals surface area (Å²) in [5.74, 6) is 0.426. The number of likely N-dealkylation sites (tertiary alicyclic amines) is 1. The van der Waals surface area contributed by atoms with Crippen LogP contribution in [0.25, 0.3) is 0 Å². The zero-order valence-electron chi connectivity index (χ0n) is 13.9. The quantitative estimate of drug-likeness (QED) is 0.861. The fraction of sp³-hybridized carbons (Fsp3) is 0.938. The minimum absolute atomic E-state index is 0.0406. The minimum atomic E-state index is -4.60. The molecule has 4 nitrogen and oxygen atoms in total. The second-order valence-electron chi connectivity index (χ2n) is 7.14. The van der Waals surface area contributed by atoms with Crippen LogP contribution in [0.5, 0.6) is 0 Å². The van der Waals surface area contributed by atoms with Crippen molar-refractivity contribution < 1.29 is 23.1 Å². The van der Waals surface area contributed by atoms with Gasteiger partial charge in [-0.2, -0.15) is 13.2 Å². The Kier molecular flexibility index (Phi) is 5.61. The maximum absolute atomic E-state index is 12.8. The molecule has 1 aliphatic heterocycles. The van der Waals surface area contributed by atoms with Crippen molar-refractivity contribution in [2.24, 2.45) is 5.92 Å². The van der Waals surface area contributed by atoms with Crippen molar-refractivity contribution in [1.82, 2.24) is 9.80 Å². The van der Waals surface area contributed by atoms with Gasteiger partial charge in [0.2, 0.25) is 5.91 Å². The van der Waals surface area contributed by atoms with Crippen LogP contribution in [0, 0.1) is 5.92 Å². The maximum Gasteiger partial charge on any atom is 0.417 e. The van der Waals surface area contributed by atoms with Crippen molar-refractivity contribution in [3.8, 4) is 0 Å². The summed E-state index contributed by atoms with van der Waals surface area (Å²) < 4.78 is 38.4. The average molecular weight is 336 g/mol. The zero-order valence-corrected chi connectivity index (χ0v) is 13.9. The van der Waals surface area contributed by atoms with Crippen molar-refractivity contribution in [2.45, 2.75) is 63.3 Å². The fourth-order valence-electron chi connectivity index (χ4n) is 3.72. The molecule has 0 aromatic carbocycles. The number of carbonyl (C=O) groups excluding carboxylic acids is 1. The Balaban J connectivity index is 1.85. The third-order valence-corrected chi connectivity index (χ3v) is 5.53. The molecule has 0 radical (unpaired) electrons. The van der Waals surface area contributed by atoms with Gasteiger partial charge in [-0.3, -0.25) is 9.69 Å². The summed E-state index contributed by atoms with van der Waals surface area (Å²) in [7, 11) is 1.80. The van der Waals surface area contributed by atoms with Crippen LogP contribution in [0.1, 0.15) is 45.4 Å². The van der Waals surface area contributed by atoms with Gasteiger partial charge in [0.25, 0.3) is 0 Å². The normalized spacial score (nSPS) is 29.3. The van der Waals surface area contributed by atoms with Gasteiger partial charge in [0, 0.05) is 26.2 Å². The molecule has 0 spiro atoms. The lowest BCUT2D eigenvalue weighted by Gasteiger charge is -2.40. The molecule has 7 heteroatoms. The summed E-state index contributed by atoms with van der Waals surface area (Å²) >= 11 is 0. The highest BCUT2D eigenvalue weighted by atomic mass is 19.4. The Bertz CT molecular complexity index is 420. The maximum atomic E-state index is 12.8. The van der Waals surface area contributed by atoms with Gasteiger partial charge < -0.3 is 10.0 Å². The number of amides is 1. The van der Waals surface area contributed by atoms with Gasteiger partial charge in [-0.05, 0) is 31.6 Å². The number of hydrogen-bond donors (Lipinski definition) is 1. The van der Waals surface area contributed by atoms with E-state index in [0.717, 1.165) is 19.3 Å². The summed E-state index contributed by atoms with van der Waals surface area (Å²) in [5.41, 5.74) is -2.60. The first kappa shape index (κ1) is 18.5. The molecule has 23 heavy (non-hydrogen) atoms. The smallest absolute Gasteiger partial charge is 0.380 e.